The number of allylic oxidation sites excluding steroid dienone is 1. The molecule has 0 fully saturated rings. The van der Waals surface area contributed by atoms with Gasteiger partial charge >= 0.3 is 5.97 Å². The Kier molecular flexibility index (Phi) is 3.93. The first-order valence-electron chi connectivity index (χ1n) is 4.62. The van der Waals surface area contributed by atoms with Gasteiger partial charge in [0.15, 0.2) is 5.69 Å². The molecule has 0 saturated carbocycles. The van der Waals surface area contributed by atoms with Crippen molar-refractivity contribution in [3.05, 3.63) is 29.4 Å². The molecule has 0 bridgehead atoms. The van der Waals surface area contributed by atoms with Gasteiger partial charge in [0.25, 0.3) is 0 Å². The highest BCUT2D eigenvalue weighted by atomic mass is 19.1. The predicted molar refractivity (Wildman–Crippen MR) is 57.0 cm³/mol. The van der Waals surface area contributed by atoms with Crippen LogP contribution in [0.5, 0.6) is 0 Å². The highest BCUT2D eigenvalue weighted by Crippen LogP contribution is 2.06. The molecule has 0 aromatic carbocycles. The summed E-state index contributed by atoms with van der Waals surface area (Å²) in [5.74, 6) is -1.37. The van der Waals surface area contributed by atoms with Gasteiger partial charge in [0, 0.05) is 6.20 Å². The van der Waals surface area contributed by atoms with Crippen molar-refractivity contribution in [2.45, 2.75) is 13.8 Å². The summed E-state index contributed by atoms with van der Waals surface area (Å²) in [6, 6.07) is 1.27. The number of carboxylic acid groups (broad SMARTS) is 1. The number of aromatic carboxylic acids is 1. The summed E-state index contributed by atoms with van der Waals surface area (Å²) < 4.78 is 13.1. The third-order valence-corrected chi connectivity index (χ3v) is 1.82. The van der Waals surface area contributed by atoms with Crippen LogP contribution in [0, 0.1) is 0 Å². The summed E-state index contributed by atoms with van der Waals surface area (Å²) in [7, 11) is 0. The van der Waals surface area contributed by atoms with Crippen LogP contribution >= 0.6 is 0 Å². The van der Waals surface area contributed by atoms with Gasteiger partial charge in [-0.25, -0.2) is 19.2 Å². The molecule has 0 spiro atoms. The fourth-order valence-corrected chi connectivity index (χ4v) is 0.896. The first-order chi connectivity index (χ1) is 7.50. The molecule has 2 N–H and O–H groups in total. The summed E-state index contributed by atoms with van der Waals surface area (Å²) in [4.78, 5) is 18.1. The smallest absolute Gasteiger partial charge is 0.354 e. The molecule has 0 amide bonds. The second kappa shape index (κ2) is 5.20. The topological polar surface area (TPSA) is 75.1 Å². The third-order valence-electron chi connectivity index (χ3n) is 1.82. The Morgan fingerprint density at radius 3 is 2.81 bits per heavy atom. The van der Waals surface area contributed by atoms with Gasteiger partial charge in [-0.15, -0.1) is 0 Å². The Hall–Kier alpha value is -1.98. The molecule has 1 rings (SSSR count). The van der Waals surface area contributed by atoms with E-state index < -0.39 is 5.97 Å². The molecule has 0 aliphatic carbocycles. The minimum atomic E-state index is -1.15. The summed E-state index contributed by atoms with van der Waals surface area (Å²) in [6.45, 7) is 3.24. The quantitative estimate of drug-likeness (QED) is 0.817. The molecule has 86 valence electrons. The van der Waals surface area contributed by atoms with Crippen molar-refractivity contribution >= 4 is 11.9 Å². The molecular weight excluding hydrogens is 213 g/mol. The molecule has 0 atom stereocenters. The second-order valence-corrected chi connectivity index (χ2v) is 3.33. The van der Waals surface area contributed by atoms with E-state index in [0.29, 0.717) is 5.57 Å². The van der Waals surface area contributed by atoms with Crippen LogP contribution < -0.4 is 5.32 Å². The maximum atomic E-state index is 13.1. The molecule has 1 aromatic rings. The largest absolute Gasteiger partial charge is 0.477 e. The number of hydrogen-bond donors (Lipinski definition) is 2. The van der Waals surface area contributed by atoms with Crippen molar-refractivity contribution in [1.82, 2.24) is 9.97 Å². The van der Waals surface area contributed by atoms with Gasteiger partial charge < -0.3 is 10.4 Å². The van der Waals surface area contributed by atoms with Gasteiger partial charge in [-0.05, 0) is 25.5 Å². The highest BCUT2D eigenvalue weighted by molar-refractivity contribution is 5.85. The van der Waals surface area contributed by atoms with Crippen molar-refractivity contribution in [2.24, 2.45) is 0 Å². The number of rotatable bonds is 4. The number of halogens is 1. The molecule has 0 unspecified atom stereocenters. The van der Waals surface area contributed by atoms with E-state index in [4.69, 9.17) is 5.11 Å². The summed E-state index contributed by atoms with van der Waals surface area (Å²) >= 11 is 0. The molecule has 6 heteroatoms. The Labute approximate surface area is 92.0 Å². The van der Waals surface area contributed by atoms with Crippen LogP contribution in [0.4, 0.5) is 10.3 Å². The number of aromatic nitrogens is 2. The predicted octanol–water partition coefficient (Wildman–Crippen LogP) is 1.85. The Morgan fingerprint density at radius 2 is 2.25 bits per heavy atom. The third kappa shape index (κ3) is 3.30. The molecule has 0 saturated heterocycles. The van der Waals surface area contributed by atoms with Crippen molar-refractivity contribution in [3.63, 3.8) is 0 Å². The van der Waals surface area contributed by atoms with E-state index in [1.165, 1.54) is 12.3 Å². The molecule has 0 aliphatic heterocycles. The first kappa shape index (κ1) is 12.1. The van der Waals surface area contributed by atoms with Crippen LogP contribution in [0.25, 0.3) is 0 Å². The van der Waals surface area contributed by atoms with Gasteiger partial charge in [-0.3, -0.25) is 0 Å². The van der Waals surface area contributed by atoms with E-state index >= 15 is 0 Å². The van der Waals surface area contributed by atoms with Crippen LogP contribution in [0.2, 0.25) is 0 Å². The number of nitrogens with zero attached hydrogens (tertiary/aromatic N) is 2. The van der Waals surface area contributed by atoms with E-state index in [1.807, 2.05) is 0 Å². The van der Waals surface area contributed by atoms with Gasteiger partial charge in [0.2, 0.25) is 5.95 Å². The molecule has 0 radical (unpaired) electrons. The number of carbonyl (C=O) groups is 1. The van der Waals surface area contributed by atoms with Crippen LogP contribution in [0.1, 0.15) is 24.3 Å². The maximum Gasteiger partial charge on any atom is 0.354 e. The Morgan fingerprint density at radius 1 is 1.56 bits per heavy atom. The normalized spacial score (nSPS) is 9.69. The maximum absolute atomic E-state index is 13.1. The lowest BCUT2D eigenvalue weighted by molar-refractivity contribution is 0.0690. The minimum absolute atomic E-state index is 0.0502. The number of nitrogens with one attached hydrogen (secondary N) is 1. The van der Waals surface area contributed by atoms with Gasteiger partial charge in [-0.1, -0.05) is 0 Å². The van der Waals surface area contributed by atoms with E-state index in [2.05, 4.69) is 15.3 Å². The van der Waals surface area contributed by atoms with Crippen molar-refractivity contribution in [3.8, 4) is 0 Å². The minimum Gasteiger partial charge on any atom is -0.477 e. The fraction of sp³-hybridized carbons (Fsp3) is 0.300. The molecule has 0 aliphatic rings. The fourth-order valence-electron chi connectivity index (χ4n) is 0.896. The van der Waals surface area contributed by atoms with Crippen molar-refractivity contribution in [1.29, 1.82) is 0 Å². The monoisotopic (exact) mass is 225 g/mol. The Balaban J connectivity index is 2.72. The van der Waals surface area contributed by atoms with Gasteiger partial charge in [-0.2, -0.15) is 0 Å². The summed E-state index contributed by atoms with van der Waals surface area (Å²) in [5.41, 5.74) is 0.428. The highest BCUT2D eigenvalue weighted by Gasteiger charge is 2.06. The van der Waals surface area contributed by atoms with Crippen molar-refractivity contribution in [2.75, 3.05) is 11.9 Å². The van der Waals surface area contributed by atoms with Crippen LogP contribution in [-0.4, -0.2) is 27.6 Å². The zero-order valence-corrected chi connectivity index (χ0v) is 8.99. The van der Waals surface area contributed by atoms with E-state index in [0.717, 1.165) is 0 Å². The number of anilines is 1. The zero-order valence-electron chi connectivity index (χ0n) is 8.99. The first-order valence-corrected chi connectivity index (χ1v) is 4.62. The van der Waals surface area contributed by atoms with Crippen LogP contribution in [0.3, 0.4) is 0 Å². The van der Waals surface area contributed by atoms with E-state index in [9.17, 15) is 9.18 Å². The second-order valence-electron chi connectivity index (χ2n) is 3.33. The van der Waals surface area contributed by atoms with Crippen LogP contribution in [0.15, 0.2) is 23.7 Å². The lowest BCUT2D eigenvalue weighted by Crippen LogP contribution is -2.09. The summed E-state index contributed by atoms with van der Waals surface area (Å²) in [6.07, 6.45) is 1.30. The lowest BCUT2D eigenvalue weighted by atomic mass is 10.3. The molecular formula is C10H12FN3O2. The average molecular weight is 225 g/mol. The van der Waals surface area contributed by atoms with Crippen molar-refractivity contribution < 1.29 is 14.3 Å². The van der Waals surface area contributed by atoms with Gasteiger partial charge in [0.05, 0.1) is 6.54 Å². The van der Waals surface area contributed by atoms with E-state index in [-0.39, 0.29) is 24.0 Å². The standard InChI is InChI=1S/C10H12FN3O2/c1-6(2)7(11)5-13-10-12-4-3-8(14-10)9(15)16/h3-4H,5H2,1-2H3,(H,15,16)(H,12,13,14). The van der Waals surface area contributed by atoms with Gasteiger partial charge in [0.1, 0.15) is 5.83 Å². The zero-order chi connectivity index (χ0) is 12.1. The molecule has 1 heterocycles. The lowest BCUT2D eigenvalue weighted by Gasteiger charge is -2.04. The van der Waals surface area contributed by atoms with Crippen LogP contribution in [-0.2, 0) is 0 Å². The SMILES string of the molecule is CC(C)=C(F)CNc1nccc(C(=O)O)n1. The Bertz CT molecular complexity index is 428. The molecule has 16 heavy (non-hydrogen) atoms. The molecule has 5 nitrogen and oxygen atoms in total. The number of carboxylic acids is 1. The summed E-state index contributed by atoms with van der Waals surface area (Å²) in [5, 5.41) is 11.3. The average Bonchev–Trinajstić information content (AvgIpc) is 2.26. The van der Waals surface area contributed by atoms with E-state index in [1.54, 1.807) is 13.8 Å². The molecule has 1 aromatic heterocycles. The number of hydrogen-bond acceptors (Lipinski definition) is 4.